The lowest BCUT2D eigenvalue weighted by Crippen LogP contribution is -2.04. The number of benzene rings is 9. The number of fused-ring (bicyclic) bond motifs is 7. The van der Waals surface area contributed by atoms with Crippen LogP contribution < -0.4 is 0 Å². The second kappa shape index (κ2) is 11.9. The molecule has 2 nitrogen and oxygen atoms in total. The highest BCUT2D eigenvalue weighted by atomic mass is 15.1. The van der Waals surface area contributed by atoms with Gasteiger partial charge >= 0.3 is 0 Å². The first-order valence-corrected chi connectivity index (χ1v) is 18.5. The van der Waals surface area contributed by atoms with Crippen molar-refractivity contribution in [1.82, 2.24) is 9.55 Å². The predicted molar refractivity (Wildman–Crippen MR) is 225 cm³/mol. The van der Waals surface area contributed by atoms with Crippen molar-refractivity contribution in [2.45, 2.75) is 12.8 Å². The van der Waals surface area contributed by atoms with Crippen LogP contribution in [0.1, 0.15) is 17.8 Å². The Morgan fingerprint density at radius 1 is 0.434 bits per heavy atom. The number of aromatic nitrogens is 2. The van der Waals surface area contributed by atoms with Crippen LogP contribution in [-0.4, -0.2) is 9.55 Å². The largest absolute Gasteiger partial charge is 0.296 e. The van der Waals surface area contributed by atoms with E-state index in [2.05, 4.69) is 187 Å². The average Bonchev–Trinajstić information content (AvgIpc) is 3.62. The fourth-order valence-corrected chi connectivity index (χ4v) is 8.83. The maximum Gasteiger partial charge on any atom is 0.145 e. The maximum atomic E-state index is 5.18. The van der Waals surface area contributed by atoms with E-state index in [4.69, 9.17) is 4.98 Å². The molecule has 10 aromatic rings. The summed E-state index contributed by atoms with van der Waals surface area (Å²) in [4.78, 5) is 5.18. The van der Waals surface area contributed by atoms with Crippen molar-refractivity contribution in [1.29, 1.82) is 0 Å². The molecule has 0 saturated carbocycles. The third-order valence-corrected chi connectivity index (χ3v) is 11.2. The lowest BCUT2D eigenvalue weighted by atomic mass is 9.83. The first-order chi connectivity index (χ1) is 26.3. The van der Waals surface area contributed by atoms with Crippen LogP contribution >= 0.6 is 0 Å². The number of imidazole rings is 1. The molecule has 0 amide bonds. The number of allylic oxidation sites excluding steroid dienone is 1. The molecule has 53 heavy (non-hydrogen) atoms. The van der Waals surface area contributed by atoms with Crippen LogP contribution in [0.3, 0.4) is 0 Å². The summed E-state index contributed by atoms with van der Waals surface area (Å²) in [6, 6.07) is 62.4. The number of hydrogen-bond acceptors (Lipinski definition) is 1. The van der Waals surface area contributed by atoms with Gasteiger partial charge in [-0.1, -0.05) is 146 Å². The van der Waals surface area contributed by atoms with Crippen molar-refractivity contribution < 1.29 is 0 Å². The van der Waals surface area contributed by atoms with Crippen molar-refractivity contribution in [3.63, 3.8) is 0 Å². The molecule has 0 radical (unpaired) electrons. The van der Waals surface area contributed by atoms with Gasteiger partial charge in [-0.25, -0.2) is 4.98 Å². The lowest BCUT2D eigenvalue weighted by Gasteiger charge is -2.20. The molecule has 248 valence electrons. The van der Waals surface area contributed by atoms with Gasteiger partial charge in [-0.2, -0.15) is 0 Å². The second-order valence-electron chi connectivity index (χ2n) is 14.2. The first-order valence-electron chi connectivity index (χ1n) is 18.5. The van der Waals surface area contributed by atoms with E-state index in [-0.39, 0.29) is 0 Å². The van der Waals surface area contributed by atoms with E-state index < -0.39 is 0 Å². The van der Waals surface area contributed by atoms with E-state index >= 15 is 0 Å². The van der Waals surface area contributed by atoms with Gasteiger partial charge in [0, 0.05) is 11.3 Å². The maximum absolute atomic E-state index is 5.18. The molecule has 0 spiro atoms. The van der Waals surface area contributed by atoms with Gasteiger partial charge in [-0.3, -0.25) is 4.57 Å². The lowest BCUT2D eigenvalue weighted by molar-refractivity contribution is 0.878. The number of nitrogens with zero attached hydrogens (tertiary/aromatic N) is 2. The fourth-order valence-electron chi connectivity index (χ4n) is 8.83. The molecule has 0 atom stereocenters. The Morgan fingerprint density at radius 2 is 1.00 bits per heavy atom. The molecule has 11 rings (SSSR count). The molecule has 9 aromatic carbocycles. The van der Waals surface area contributed by atoms with Gasteiger partial charge in [0.1, 0.15) is 5.82 Å². The molecule has 0 N–H and O–H groups in total. The minimum Gasteiger partial charge on any atom is -0.296 e. The Hall–Kier alpha value is -6.77. The molecule has 2 heteroatoms. The Balaban J connectivity index is 1.14. The predicted octanol–water partition coefficient (Wildman–Crippen LogP) is 13.6. The molecule has 0 aliphatic heterocycles. The van der Waals surface area contributed by atoms with Crippen LogP contribution in [0.25, 0.3) is 99.3 Å². The van der Waals surface area contributed by atoms with Crippen LogP contribution in [0.4, 0.5) is 0 Å². The number of rotatable bonds is 4. The van der Waals surface area contributed by atoms with Gasteiger partial charge in [0.15, 0.2) is 0 Å². The quantitative estimate of drug-likeness (QED) is 0.134. The Kier molecular flexibility index (Phi) is 6.72. The Morgan fingerprint density at radius 3 is 1.70 bits per heavy atom. The molecule has 0 bridgehead atoms. The van der Waals surface area contributed by atoms with Crippen molar-refractivity contribution in [3.05, 3.63) is 187 Å². The third-order valence-electron chi connectivity index (χ3n) is 11.2. The van der Waals surface area contributed by atoms with Crippen molar-refractivity contribution >= 4 is 59.9 Å². The van der Waals surface area contributed by atoms with E-state index in [1.807, 2.05) is 0 Å². The zero-order valence-corrected chi connectivity index (χ0v) is 29.1. The Labute approximate surface area is 307 Å². The van der Waals surface area contributed by atoms with Crippen LogP contribution in [0, 0.1) is 0 Å². The molecule has 0 unspecified atom stereocenters. The minimum atomic E-state index is 0.985. The second-order valence-corrected chi connectivity index (χ2v) is 14.2. The number of hydrogen-bond donors (Lipinski definition) is 0. The monoisotopic (exact) mass is 674 g/mol. The van der Waals surface area contributed by atoms with Gasteiger partial charge in [0.2, 0.25) is 0 Å². The highest BCUT2D eigenvalue weighted by Crippen LogP contribution is 2.47. The van der Waals surface area contributed by atoms with E-state index in [1.54, 1.807) is 0 Å². The third kappa shape index (κ3) is 4.69. The van der Waals surface area contributed by atoms with E-state index in [0.29, 0.717) is 0 Å². The molecule has 1 aliphatic carbocycles. The van der Waals surface area contributed by atoms with Crippen molar-refractivity contribution in [3.8, 4) is 39.3 Å². The van der Waals surface area contributed by atoms with Crippen LogP contribution in [0.5, 0.6) is 0 Å². The summed E-state index contributed by atoms with van der Waals surface area (Å²) in [6.45, 7) is 0. The molecule has 0 saturated heterocycles. The molecule has 1 aliphatic rings. The highest BCUT2D eigenvalue weighted by molar-refractivity contribution is 6.26. The first kappa shape index (κ1) is 29.9. The topological polar surface area (TPSA) is 17.8 Å². The minimum absolute atomic E-state index is 0.985. The smallest absolute Gasteiger partial charge is 0.145 e. The summed E-state index contributed by atoms with van der Waals surface area (Å²) in [7, 11) is 0. The van der Waals surface area contributed by atoms with E-state index in [9.17, 15) is 0 Å². The van der Waals surface area contributed by atoms with E-state index in [1.165, 1.54) is 81.8 Å². The zero-order chi connectivity index (χ0) is 34.9. The molecule has 1 aromatic heterocycles. The summed E-state index contributed by atoms with van der Waals surface area (Å²) < 4.78 is 2.35. The van der Waals surface area contributed by atoms with E-state index in [0.717, 1.165) is 35.6 Å². The van der Waals surface area contributed by atoms with Gasteiger partial charge in [0.05, 0.1) is 11.4 Å². The molecular formula is C51H34N2. The molecule has 1 heterocycles. The summed E-state index contributed by atoms with van der Waals surface area (Å²) in [5.74, 6) is 0.986. The average molecular weight is 675 g/mol. The SMILES string of the molecule is C1=Cc2nc(-c3ccc(-c4c5ccccc5c(-c5cc6cc7ccccc7cc6c6ccccc56)c5ccccc45)cc3)n(-c3ccccc3)c2CC1. The van der Waals surface area contributed by atoms with Crippen molar-refractivity contribution in [2.24, 2.45) is 0 Å². The van der Waals surface area contributed by atoms with Gasteiger partial charge in [0.25, 0.3) is 0 Å². The molecular weight excluding hydrogens is 641 g/mol. The summed E-state index contributed by atoms with van der Waals surface area (Å²) >= 11 is 0. The Bertz CT molecular complexity index is 3040. The van der Waals surface area contributed by atoms with Crippen LogP contribution in [0.15, 0.2) is 176 Å². The van der Waals surface area contributed by atoms with Crippen LogP contribution in [0.2, 0.25) is 0 Å². The fraction of sp³-hybridized carbons (Fsp3) is 0.0392. The number of para-hydroxylation sites is 1. The van der Waals surface area contributed by atoms with Gasteiger partial charge in [-0.15, -0.1) is 0 Å². The normalized spacial score (nSPS) is 12.7. The summed E-state index contributed by atoms with van der Waals surface area (Å²) in [6.07, 6.45) is 6.43. The zero-order valence-electron chi connectivity index (χ0n) is 29.1. The standard InChI is InChI=1S/C51H34N2/c1-2-16-38(17-3-1)53-48-25-13-12-24-47(48)52-51(53)34-28-26-33(27-29-34)49-41-20-8-10-22-43(41)50(44-23-11-9-21-42(44)49)46-32-37-30-35-14-4-5-15-36(35)31-45(37)39-18-6-7-19-40(39)46/h1-12,14-24,26-32H,13,25H2. The van der Waals surface area contributed by atoms with Crippen LogP contribution in [-0.2, 0) is 6.42 Å². The van der Waals surface area contributed by atoms with Crippen molar-refractivity contribution in [2.75, 3.05) is 0 Å². The molecule has 0 fully saturated rings. The van der Waals surface area contributed by atoms with Gasteiger partial charge < -0.3 is 0 Å². The van der Waals surface area contributed by atoms with Gasteiger partial charge in [-0.05, 0) is 125 Å². The summed E-state index contributed by atoms with van der Waals surface area (Å²) in [5, 5.41) is 12.7. The highest BCUT2D eigenvalue weighted by Gasteiger charge is 2.22. The summed E-state index contributed by atoms with van der Waals surface area (Å²) in [5.41, 5.74) is 9.62.